The molecule has 0 spiro atoms. The standard InChI is InChI=1S/C16H22N2O7/c1-4-6-10(16(20)21)9-17-15(19)11-7-13(24-3)14(25-5-2)8-12(11)18(22)23/h7-8,10H,4-6,9H2,1-3H3,(H,17,19)(H,20,21). The maximum absolute atomic E-state index is 12.3. The van der Waals surface area contributed by atoms with Crippen molar-refractivity contribution >= 4 is 17.6 Å². The average Bonchev–Trinajstić information content (AvgIpc) is 2.57. The maximum Gasteiger partial charge on any atom is 0.308 e. The molecule has 0 aromatic heterocycles. The number of nitro groups is 1. The molecule has 0 saturated heterocycles. The summed E-state index contributed by atoms with van der Waals surface area (Å²) in [6.07, 6.45) is 1.04. The van der Waals surface area contributed by atoms with E-state index in [1.807, 2.05) is 6.92 Å². The first-order valence-corrected chi connectivity index (χ1v) is 7.85. The van der Waals surface area contributed by atoms with Crippen LogP contribution in [0.5, 0.6) is 11.5 Å². The van der Waals surface area contributed by atoms with Crippen molar-refractivity contribution in [3.05, 3.63) is 27.8 Å². The molecule has 2 N–H and O–H groups in total. The van der Waals surface area contributed by atoms with Gasteiger partial charge in [0.1, 0.15) is 5.56 Å². The highest BCUT2D eigenvalue weighted by molar-refractivity contribution is 5.99. The quantitative estimate of drug-likeness (QED) is 0.487. The molecule has 0 aliphatic rings. The van der Waals surface area contributed by atoms with Crippen molar-refractivity contribution in [3.63, 3.8) is 0 Å². The molecular formula is C16H22N2O7. The third-order valence-electron chi connectivity index (χ3n) is 3.52. The Labute approximate surface area is 145 Å². The minimum Gasteiger partial charge on any atom is -0.493 e. The Hall–Kier alpha value is -2.84. The lowest BCUT2D eigenvalue weighted by Gasteiger charge is -2.14. The van der Waals surface area contributed by atoms with Gasteiger partial charge in [0.25, 0.3) is 11.6 Å². The van der Waals surface area contributed by atoms with Crippen LogP contribution in [0.15, 0.2) is 12.1 Å². The van der Waals surface area contributed by atoms with E-state index in [4.69, 9.17) is 14.6 Å². The number of rotatable bonds is 10. The van der Waals surface area contributed by atoms with Gasteiger partial charge in [0.05, 0.1) is 30.6 Å². The number of hydrogen-bond donors (Lipinski definition) is 2. The van der Waals surface area contributed by atoms with Crippen LogP contribution in [0.3, 0.4) is 0 Å². The highest BCUT2D eigenvalue weighted by Crippen LogP contribution is 2.34. The third kappa shape index (κ3) is 5.33. The monoisotopic (exact) mass is 354 g/mol. The molecule has 1 aromatic rings. The van der Waals surface area contributed by atoms with Crippen LogP contribution in [0.4, 0.5) is 5.69 Å². The summed E-state index contributed by atoms with van der Waals surface area (Å²) in [6, 6.07) is 2.34. The molecule has 1 amide bonds. The lowest BCUT2D eigenvalue weighted by Crippen LogP contribution is -2.33. The second-order valence-electron chi connectivity index (χ2n) is 5.24. The maximum atomic E-state index is 12.3. The van der Waals surface area contributed by atoms with E-state index < -0.39 is 28.4 Å². The van der Waals surface area contributed by atoms with Gasteiger partial charge in [0.15, 0.2) is 11.5 Å². The van der Waals surface area contributed by atoms with E-state index in [0.717, 1.165) is 6.07 Å². The fraction of sp³-hybridized carbons (Fsp3) is 0.500. The molecule has 1 rings (SSSR count). The summed E-state index contributed by atoms with van der Waals surface area (Å²) in [5, 5.41) is 22.8. The average molecular weight is 354 g/mol. The number of carbonyl (C=O) groups excluding carboxylic acids is 1. The Morgan fingerprint density at radius 2 is 2.00 bits per heavy atom. The second kappa shape index (κ2) is 9.45. The third-order valence-corrected chi connectivity index (χ3v) is 3.52. The largest absolute Gasteiger partial charge is 0.493 e. The summed E-state index contributed by atoms with van der Waals surface area (Å²) in [6.45, 7) is 3.71. The summed E-state index contributed by atoms with van der Waals surface area (Å²) in [5.74, 6) is -2.18. The molecule has 1 aromatic carbocycles. The summed E-state index contributed by atoms with van der Waals surface area (Å²) in [7, 11) is 1.35. The topological polar surface area (TPSA) is 128 Å². The molecule has 138 valence electrons. The summed E-state index contributed by atoms with van der Waals surface area (Å²) in [4.78, 5) is 34.0. The van der Waals surface area contributed by atoms with Gasteiger partial charge in [-0.1, -0.05) is 13.3 Å². The molecular weight excluding hydrogens is 332 g/mol. The zero-order chi connectivity index (χ0) is 19.0. The van der Waals surface area contributed by atoms with Crippen LogP contribution in [-0.2, 0) is 4.79 Å². The number of ether oxygens (including phenoxy) is 2. The van der Waals surface area contributed by atoms with E-state index in [0.29, 0.717) is 12.8 Å². The van der Waals surface area contributed by atoms with Crippen molar-refractivity contribution in [1.82, 2.24) is 5.32 Å². The van der Waals surface area contributed by atoms with Crippen molar-refractivity contribution in [3.8, 4) is 11.5 Å². The number of amides is 1. The molecule has 25 heavy (non-hydrogen) atoms. The Bertz CT molecular complexity index is 646. The highest BCUT2D eigenvalue weighted by atomic mass is 16.6. The predicted octanol–water partition coefficient (Wildman–Crippen LogP) is 2.23. The highest BCUT2D eigenvalue weighted by Gasteiger charge is 2.26. The molecule has 0 aliphatic carbocycles. The van der Waals surface area contributed by atoms with Gasteiger partial charge in [-0.25, -0.2) is 0 Å². The summed E-state index contributed by atoms with van der Waals surface area (Å²) < 4.78 is 10.4. The number of nitrogens with one attached hydrogen (secondary N) is 1. The number of nitrogens with zero attached hydrogens (tertiary/aromatic N) is 1. The number of carboxylic acid groups (broad SMARTS) is 1. The smallest absolute Gasteiger partial charge is 0.308 e. The van der Waals surface area contributed by atoms with Crippen molar-refractivity contribution in [2.45, 2.75) is 26.7 Å². The van der Waals surface area contributed by atoms with Crippen molar-refractivity contribution in [2.24, 2.45) is 5.92 Å². The molecule has 9 heteroatoms. The number of benzene rings is 1. The molecule has 0 heterocycles. The molecule has 9 nitrogen and oxygen atoms in total. The number of nitro benzene ring substituents is 1. The summed E-state index contributed by atoms with van der Waals surface area (Å²) in [5.41, 5.74) is -0.657. The van der Waals surface area contributed by atoms with Gasteiger partial charge in [0, 0.05) is 12.6 Å². The van der Waals surface area contributed by atoms with Gasteiger partial charge in [-0.3, -0.25) is 19.7 Å². The normalized spacial score (nSPS) is 11.5. The Morgan fingerprint density at radius 3 is 2.48 bits per heavy atom. The fourth-order valence-corrected chi connectivity index (χ4v) is 2.28. The Morgan fingerprint density at radius 1 is 1.32 bits per heavy atom. The Balaban J connectivity index is 3.10. The van der Waals surface area contributed by atoms with E-state index in [1.54, 1.807) is 6.92 Å². The van der Waals surface area contributed by atoms with Crippen LogP contribution in [0, 0.1) is 16.0 Å². The van der Waals surface area contributed by atoms with Gasteiger partial charge in [0.2, 0.25) is 0 Å². The van der Waals surface area contributed by atoms with Gasteiger partial charge in [-0.15, -0.1) is 0 Å². The lowest BCUT2D eigenvalue weighted by atomic mass is 10.0. The van der Waals surface area contributed by atoms with Crippen LogP contribution < -0.4 is 14.8 Å². The number of carboxylic acids is 1. The lowest BCUT2D eigenvalue weighted by molar-refractivity contribution is -0.385. The van der Waals surface area contributed by atoms with Crippen molar-refractivity contribution in [2.75, 3.05) is 20.3 Å². The van der Waals surface area contributed by atoms with Gasteiger partial charge in [-0.2, -0.15) is 0 Å². The van der Waals surface area contributed by atoms with Crippen LogP contribution in [0.1, 0.15) is 37.0 Å². The minimum atomic E-state index is -1.03. The molecule has 0 bridgehead atoms. The molecule has 1 atom stereocenters. The SMILES string of the molecule is CCCC(CNC(=O)c1cc(OC)c(OCC)cc1[N+](=O)[O-])C(=O)O. The first-order valence-electron chi connectivity index (χ1n) is 7.85. The zero-order valence-electron chi connectivity index (χ0n) is 14.4. The predicted molar refractivity (Wildman–Crippen MR) is 89.2 cm³/mol. The number of hydrogen-bond acceptors (Lipinski definition) is 6. The van der Waals surface area contributed by atoms with Crippen molar-refractivity contribution < 1.29 is 29.1 Å². The molecule has 1 unspecified atom stereocenters. The molecule has 0 fully saturated rings. The van der Waals surface area contributed by atoms with Crippen LogP contribution in [0.2, 0.25) is 0 Å². The first kappa shape index (κ1) is 20.2. The Kier molecular flexibility index (Phi) is 7.64. The van der Waals surface area contributed by atoms with Crippen LogP contribution in [0.25, 0.3) is 0 Å². The minimum absolute atomic E-state index is 0.116. The van der Waals surface area contributed by atoms with E-state index >= 15 is 0 Å². The van der Waals surface area contributed by atoms with Crippen LogP contribution in [-0.4, -0.2) is 42.2 Å². The summed E-state index contributed by atoms with van der Waals surface area (Å²) >= 11 is 0. The molecule has 0 radical (unpaired) electrons. The van der Waals surface area contributed by atoms with Gasteiger partial charge in [-0.05, 0) is 13.3 Å². The fourth-order valence-electron chi connectivity index (χ4n) is 2.28. The van der Waals surface area contributed by atoms with Crippen LogP contribution >= 0.6 is 0 Å². The van der Waals surface area contributed by atoms with E-state index in [2.05, 4.69) is 5.32 Å². The van der Waals surface area contributed by atoms with E-state index in [1.165, 1.54) is 13.2 Å². The molecule has 0 aliphatic heterocycles. The van der Waals surface area contributed by atoms with Crippen molar-refractivity contribution in [1.29, 1.82) is 0 Å². The van der Waals surface area contributed by atoms with Gasteiger partial charge >= 0.3 is 5.97 Å². The second-order valence-corrected chi connectivity index (χ2v) is 5.24. The first-order chi connectivity index (χ1) is 11.8. The van der Waals surface area contributed by atoms with E-state index in [-0.39, 0.29) is 30.2 Å². The number of aliphatic carboxylic acids is 1. The number of carbonyl (C=O) groups is 2. The van der Waals surface area contributed by atoms with Gasteiger partial charge < -0.3 is 19.9 Å². The number of methoxy groups -OCH3 is 1. The zero-order valence-corrected chi connectivity index (χ0v) is 14.4. The van der Waals surface area contributed by atoms with E-state index in [9.17, 15) is 19.7 Å². The molecule has 0 saturated carbocycles.